The largest absolute Gasteiger partial charge is 2.00 e. The molecule has 0 bridgehead atoms. The van der Waals surface area contributed by atoms with Crippen molar-refractivity contribution in [1.29, 1.82) is 0 Å². The summed E-state index contributed by atoms with van der Waals surface area (Å²) in [5, 5.41) is 5.70. The van der Waals surface area contributed by atoms with Crippen LogP contribution in [0.1, 0.15) is 75.7 Å². The third-order valence-corrected chi connectivity index (χ3v) is 7.13. The van der Waals surface area contributed by atoms with Crippen molar-refractivity contribution in [3.63, 3.8) is 0 Å². The van der Waals surface area contributed by atoms with Gasteiger partial charge in [0, 0.05) is 31.2 Å². The predicted octanol–water partition coefficient (Wildman–Crippen LogP) is 6.93. The molecule has 1 atom stereocenters. The quantitative estimate of drug-likeness (QED) is 0.0350. The van der Waals surface area contributed by atoms with Crippen molar-refractivity contribution in [3.05, 3.63) is 91.7 Å². The number of allylic oxidation sites excluding steroid dienone is 3. The number of hydrogen-bond acceptors (Lipinski definition) is 8. The summed E-state index contributed by atoms with van der Waals surface area (Å²) < 4.78 is 5.46. The maximum Gasteiger partial charge on any atom is 2.00 e. The van der Waals surface area contributed by atoms with Gasteiger partial charge in [0.25, 0.3) is 5.91 Å². The summed E-state index contributed by atoms with van der Waals surface area (Å²) in [6.07, 6.45) is 11.1. The molecule has 0 aliphatic rings. The SMILES string of the molecule is C=C\C=C(/N=C(/C=C(\N)C(=O)Nc1ccc(C(=O)OCCCN(CCC)CCC(C)CC)cn1)CC)c1c[c-]c(NC)cc1.[CH3-].[U+2]. The first-order valence-electron chi connectivity index (χ1n) is 15.5. The summed E-state index contributed by atoms with van der Waals surface area (Å²) in [5.41, 5.74) is 9.40. The molecule has 0 saturated carbocycles. The van der Waals surface area contributed by atoms with Crippen molar-refractivity contribution >= 4 is 34.8 Å². The monoisotopic (exact) mass is 854 g/mol. The van der Waals surface area contributed by atoms with Crippen LogP contribution in [0.5, 0.6) is 0 Å². The second-order valence-electron chi connectivity index (χ2n) is 10.6. The minimum atomic E-state index is -0.528. The Morgan fingerprint density at radius 3 is 2.46 bits per heavy atom. The van der Waals surface area contributed by atoms with Gasteiger partial charge in [-0.1, -0.05) is 52.5 Å². The van der Waals surface area contributed by atoms with Crippen molar-refractivity contribution in [3.8, 4) is 0 Å². The van der Waals surface area contributed by atoms with Gasteiger partial charge >= 0.3 is 37.1 Å². The Kier molecular flexibility index (Phi) is 22.4. The van der Waals surface area contributed by atoms with E-state index in [-0.39, 0.29) is 50.1 Å². The Morgan fingerprint density at radius 1 is 1.15 bits per heavy atom. The molecule has 0 radical (unpaired) electrons. The number of aliphatic imine (C=N–C) groups is 1. The zero-order valence-corrected chi connectivity index (χ0v) is 32.7. The van der Waals surface area contributed by atoms with Gasteiger partial charge in [-0.2, -0.15) is 18.2 Å². The fourth-order valence-corrected chi connectivity index (χ4v) is 4.23. The molecule has 2 aromatic rings. The van der Waals surface area contributed by atoms with E-state index in [9.17, 15) is 9.59 Å². The molecule has 0 aliphatic carbocycles. The van der Waals surface area contributed by atoms with Crippen LogP contribution < -0.4 is 16.4 Å². The summed E-state index contributed by atoms with van der Waals surface area (Å²) >= 11 is 0. The number of hydrogen-bond donors (Lipinski definition) is 3. The van der Waals surface area contributed by atoms with Gasteiger partial charge in [0.15, 0.2) is 0 Å². The summed E-state index contributed by atoms with van der Waals surface area (Å²) in [6, 6.07) is 11.9. The van der Waals surface area contributed by atoms with Gasteiger partial charge in [-0.15, -0.1) is 11.6 Å². The Bertz CT molecular complexity index is 1290. The van der Waals surface area contributed by atoms with Crippen LogP contribution in [-0.4, -0.2) is 60.8 Å². The number of amides is 1. The number of rotatable bonds is 19. The third-order valence-electron chi connectivity index (χ3n) is 7.13. The molecule has 1 unspecified atom stereocenters. The average Bonchev–Trinajstić information content (AvgIpc) is 3.04. The van der Waals surface area contributed by atoms with E-state index in [0.29, 0.717) is 35.9 Å². The second kappa shape index (κ2) is 24.1. The zero-order chi connectivity index (χ0) is 32.3. The van der Waals surface area contributed by atoms with Gasteiger partial charge in [-0.05, 0) is 69.0 Å². The van der Waals surface area contributed by atoms with Crippen molar-refractivity contribution in [2.75, 3.05) is 43.9 Å². The normalized spacial score (nSPS) is 12.4. The Hall–Kier alpha value is -3.19. The van der Waals surface area contributed by atoms with Crippen molar-refractivity contribution in [1.82, 2.24) is 9.88 Å². The fraction of sp³-hybridized carbons (Fsp3) is 0.417. The number of nitrogens with zero attached hydrogens (tertiary/aromatic N) is 3. The molecule has 0 saturated heterocycles. The van der Waals surface area contributed by atoms with Crippen LogP contribution in [0, 0.1) is 50.5 Å². The first-order valence-corrected chi connectivity index (χ1v) is 15.5. The van der Waals surface area contributed by atoms with Crippen LogP contribution in [0.2, 0.25) is 0 Å². The molecule has 4 N–H and O–H groups in total. The first kappa shape index (κ1) is 42.8. The van der Waals surface area contributed by atoms with Gasteiger partial charge in [0.2, 0.25) is 0 Å². The average molecular weight is 855 g/mol. The minimum Gasteiger partial charge on any atom is -0.462 e. The zero-order valence-electron chi connectivity index (χ0n) is 28.5. The molecule has 1 amide bonds. The topological polar surface area (TPSA) is 122 Å². The van der Waals surface area contributed by atoms with E-state index in [4.69, 9.17) is 15.5 Å². The van der Waals surface area contributed by atoms with Crippen molar-refractivity contribution < 1.29 is 45.4 Å². The summed E-state index contributed by atoms with van der Waals surface area (Å²) in [7, 11) is 1.83. The molecule has 46 heavy (non-hydrogen) atoms. The van der Waals surface area contributed by atoms with E-state index in [1.807, 2.05) is 32.2 Å². The Balaban J connectivity index is 0.0000101. The molecule has 0 aliphatic heterocycles. The first-order chi connectivity index (χ1) is 21.2. The van der Waals surface area contributed by atoms with Crippen molar-refractivity contribution in [2.45, 2.75) is 59.8 Å². The minimum absolute atomic E-state index is 0. The summed E-state index contributed by atoms with van der Waals surface area (Å²) in [5.74, 6) is 0.00977. The van der Waals surface area contributed by atoms with E-state index < -0.39 is 11.9 Å². The number of anilines is 2. The molecule has 0 fully saturated rings. The van der Waals surface area contributed by atoms with Gasteiger partial charge in [0.05, 0.1) is 17.9 Å². The molecule has 10 heteroatoms. The van der Waals surface area contributed by atoms with E-state index in [1.54, 1.807) is 24.3 Å². The predicted molar refractivity (Wildman–Crippen MR) is 188 cm³/mol. The van der Waals surface area contributed by atoms with Gasteiger partial charge in [-0.25, -0.2) is 9.78 Å². The van der Waals surface area contributed by atoms with Crippen LogP contribution in [0.4, 0.5) is 11.5 Å². The number of benzene rings is 1. The molecular formula is C36H52N6O3U. The molecule has 9 nitrogen and oxygen atoms in total. The van der Waals surface area contributed by atoms with Gasteiger partial charge in [-0.3, -0.25) is 9.79 Å². The van der Waals surface area contributed by atoms with Crippen molar-refractivity contribution in [2.24, 2.45) is 16.6 Å². The van der Waals surface area contributed by atoms with E-state index in [0.717, 1.165) is 43.7 Å². The maximum atomic E-state index is 12.8. The molecule has 1 aromatic carbocycles. The maximum absolute atomic E-state index is 12.8. The molecular weight excluding hydrogens is 802 g/mol. The number of ether oxygens (including phenoxy) is 1. The number of aromatic nitrogens is 1. The van der Waals surface area contributed by atoms with Crippen LogP contribution in [0.15, 0.2) is 72.0 Å². The smallest absolute Gasteiger partial charge is 0.462 e. The number of nitrogens with one attached hydrogen (secondary N) is 2. The molecule has 0 spiro atoms. The van der Waals surface area contributed by atoms with E-state index in [1.165, 1.54) is 25.1 Å². The number of carbonyl (C=O) groups is 2. The number of carbonyl (C=O) groups excluding carboxylic acids is 2. The third kappa shape index (κ3) is 15.4. The van der Waals surface area contributed by atoms with Gasteiger partial charge < -0.3 is 33.4 Å². The van der Waals surface area contributed by atoms with E-state index in [2.05, 4.69) is 53.9 Å². The Morgan fingerprint density at radius 2 is 1.89 bits per heavy atom. The Labute approximate surface area is 300 Å². The van der Waals surface area contributed by atoms with Crippen LogP contribution >= 0.6 is 0 Å². The van der Waals surface area contributed by atoms with E-state index >= 15 is 0 Å². The van der Waals surface area contributed by atoms with Crippen LogP contribution in [0.25, 0.3) is 5.70 Å². The number of esters is 1. The molecule has 2 rings (SSSR count). The fourth-order valence-electron chi connectivity index (χ4n) is 4.23. The molecule has 1 aromatic heterocycles. The van der Waals surface area contributed by atoms with Gasteiger partial charge in [0.1, 0.15) is 5.82 Å². The number of nitrogens with two attached hydrogens (primary N) is 1. The van der Waals surface area contributed by atoms with Crippen LogP contribution in [0.3, 0.4) is 0 Å². The standard InChI is InChI=1S/C35H49N6O3.CH3.U/c1-7-12-32(27-13-16-30(37-6)17-14-27)39-29(10-4)24-31(36)34(42)40-33-18-15-28(25-38-33)35(43)44-23-11-21-41(20-8-2)22-19-26(5)9-3;;/h7,12-16,18,24-26,37H,1,8-11,19-23,36H2,2-6H3,(H,38,40,42);1H3;/q2*-1;+2/b31-24-,32-12-,39-29+;;. The number of pyridine rings is 1. The van der Waals surface area contributed by atoms with Crippen LogP contribution in [-0.2, 0) is 9.53 Å². The second-order valence-corrected chi connectivity index (χ2v) is 10.6. The molecule has 1 heterocycles. The summed E-state index contributed by atoms with van der Waals surface area (Å²) in [6.45, 7) is 15.7. The molecule has 248 valence electrons. The summed E-state index contributed by atoms with van der Waals surface area (Å²) in [4.78, 5) is 36.6.